The Labute approximate surface area is 135 Å². The highest BCUT2D eigenvalue weighted by atomic mass is 16.5. The Kier molecular flexibility index (Phi) is 3.37. The zero-order chi connectivity index (χ0) is 16.1. The molecule has 6 nitrogen and oxygen atoms in total. The number of fused-ring (bicyclic) bond motifs is 1. The maximum Gasteiger partial charge on any atom is 0.255 e. The van der Waals surface area contributed by atoms with E-state index in [0.29, 0.717) is 25.7 Å². The standard InChI is InChI=1S/C17H22N4O2/c1-10-9-23-7-6-21(10)17(22)13-8-14(12-4-5-12)18-16-15(13)11(2)19-20(16)3/h8,10,12H,4-7,9H2,1-3H3/t10-/m0/s1. The summed E-state index contributed by atoms with van der Waals surface area (Å²) in [5, 5.41) is 5.37. The second-order valence-corrected chi connectivity index (χ2v) is 6.70. The van der Waals surface area contributed by atoms with Crippen molar-refractivity contribution < 1.29 is 9.53 Å². The summed E-state index contributed by atoms with van der Waals surface area (Å²) in [6.45, 7) is 5.82. The topological polar surface area (TPSA) is 60.2 Å². The molecule has 2 aromatic heterocycles. The number of nitrogens with zero attached hydrogens (tertiary/aromatic N) is 4. The van der Waals surface area contributed by atoms with Crippen LogP contribution >= 0.6 is 0 Å². The van der Waals surface area contributed by atoms with Gasteiger partial charge in [-0.3, -0.25) is 9.48 Å². The first-order valence-corrected chi connectivity index (χ1v) is 8.29. The Morgan fingerprint density at radius 3 is 2.87 bits per heavy atom. The number of pyridine rings is 1. The van der Waals surface area contributed by atoms with Gasteiger partial charge in [-0.15, -0.1) is 0 Å². The molecule has 4 rings (SSSR count). The van der Waals surface area contributed by atoms with E-state index < -0.39 is 0 Å². The Balaban J connectivity index is 1.85. The Morgan fingerprint density at radius 1 is 1.39 bits per heavy atom. The average Bonchev–Trinajstić information content (AvgIpc) is 3.34. The normalized spacial score (nSPS) is 21.9. The van der Waals surface area contributed by atoms with Crippen molar-refractivity contribution in [3.63, 3.8) is 0 Å². The molecule has 6 heteroatoms. The van der Waals surface area contributed by atoms with Crippen LogP contribution in [0.3, 0.4) is 0 Å². The molecule has 1 aliphatic carbocycles. The Hall–Kier alpha value is -1.95. The van der Waals surface area contributed by atoms with Crippen molar-refractivity contribution in [1.82, 2.24) is 19.7 Å². The van der Waals surface area contributed by atoms with Crippen LogP contribution in [0.15, 0.2) is 6.07 Å². The van der Waals surface area contributed by atoms with Crippen LogP contribution in [0.1, 0.15) is 47.4 Å². The van der Waals surface area contributed by atoms with Gasteiger partial charge in [0.15, 0.2) is 5.65 Å². The smallest absolute Gasteiger partial charge is 0.255 e. The minimum atomic E-state index is 0.0752. The average molecular weight is 314 g/mol. The fourth-order valence-electron chi connectivity index (χ4n) is 3.40. The van der Waals surface area contributed by atoms with Crippen LogP contribution in [0.2, 0.25) is 0 Å². The summed E-state index contributed by atoms with van der Waals surface area (Å²) in [4.78, 5) is 19.9. The van der Waals surface area contributed by atoms with Crippen molar-refractivity contribution in [2.45, 2.75) is 38.6 Å². The highest BCUT2D eigenvalue weighted by Crippen LogP contribution is 2.40. The molecule has 0 radical (unpaired) electrons. The molecule has 0 N–H and O–H groups in total. The van der Waals surface area contributed by atoms with E-state index in [1.165, 1.54) is 0 Å². The molecule has 0 bridgehead atoms. The largest absolute Gasteiger partial charge is 0.377 e. The van der Waals surface area contributed by atoms with Gasteiger partial charge >= 0.3 is 0 Å². The predicted octanol–water partition coefficient (Wildman–Crippen LogP) is 2.02. The predicted molar refractivity (Wildman–Crippen MR) is 86.5 cm³/mol. The summed E-state index contributed by atoms with van der Waals surface area (Å²) < 4.78 is 7.25. The number of amides is 1. The summed E-state index contributed by atoms with van der Waals surface area (Å²) in [6, 6.07) is 2.10. The van der Waals surface area contributed by atoms with Crippen LogP contribution in [-0.4, -0.2) is 51.4 Å². The third-order valence-electron chi connectivity index (χ3n) is 4.84. The van der Waals surface area contributed by atoms with Gasteiger partial charge in [-0.05, 0) is 32.8 Å². The molecule has 0 spiro atoms. The SMILES string of the molecule is Cc1nn(C)c2nc(C3CC3)cc(C(=O)N3CCOC[C@@H]3C)c12. The molecule has 1 amide bonds. The lowest BCUT2D eigenvalue weighted by Crippen LogP contribution is -2.47. The van der Waals surface area contributed by atoms with Crippen LogP contribution in [-0.2, 0) is 11.8 Å². The van der Waals surface area contributed by atoms with E-state index in [9.17, 15) is 4.79 Å². The van der Waals surface area contributed by atoms with E-state index in [2.05, 4.69) is 5.10 Å². The zero-order valence-electron chi connectivity index (χ0n) is 13.9. The number of carbonyl (C=O) groups excluding carboxylic acids is 1. The third-order valence-corrected chi connectivity index (χ3v) is 4.84. The number of hydrogen-bond acceptors (Lipinski definition) is 4. The number of aromatic nitrogens is 3. The summed E-state index contributed by atoms with van der Waals surface area (Å²) in [6.07, 6.45) is 2.33. The quantitative estimate of drug-likeness (QED) is 0.851. The summed E-state index contributed by atoms with van der Waals surface area (Å²) >= 11 is 0. The highest BCUT2D eigenvalue weighted by molar-refractivity contribution is 6.06. The van der Waals surface area contributed by atoms with Gasteiger partial charge in [0.25, 0.3) is 5.91 Å². The second kappa shape index (κ2) is 5.30. The number of morpholine rings is 1. The lowest BCUT2D eigenvalue weighted by Gasteiger charge is -2.33. The maximum absolute atomic E-state index is 13.2. The molecule has 2 fully saturated rings. The van der Waals surface area contributed by atoms with E-state index in [1.54, 1.807) is 4.68 Å². The second-order valence-electron chi connectivity index (χ2n) is 6.70. The molecule has 2 aliphatic rings. The molecule has 0 aromatic carbocycles. The maximum atomic E-state index is 13.2. The van der Waals surface area contributed by atoms with Gasteiger partial charge in [-0.1, -0.05) is 0 Å². The third kappa shape index (κ3) is 2.41. The minimum absolute atomic E-state index is 0.0752. The van der Waals surface area contributed by atoms with Gasteiger partial charge in [0.2, 0.25) is 0 Å². The fourth-order valence-corrected chi connectivity index (χ4v) is 3.40. The van der Waals surface area contributed by atoms with Gasteiger partial charge < -0.3 is 9.64 Å². The number of carbonyl (C=O) groups is 1. The Bertz CT molecular complexity index is 778. The lowest BCUT2D eigenvalue weighted by atomic mass is 10.1. The molecule has 3 heterocycles. The first-order valence-electron chi connectivity index (χ1n) is 8.29. The fraction of sp³-hybridized carbons (Fsp3) is 0.588. The molecule has 23 heavy (non-hydrogen) atoms. The summed E-state index contributed by atoms with van der Waals surface area (Å²) in [7, 11) is 1.89. The van der Waals surface area contributed by atoms with E-state index in [0.717, 1.165) is 40.8 Å². The molecular weight excluding hydrogens is 292 g/mol. The van der Waals surface area contributed by atoms with Gasteiger partial charge in [0.1, 0.15) is 0 Å². The Morgan fingerprint density at radius 2 is 2.17 bits per heavy atom. The molecular formula is C17H22N4O2. The zero-order valence-corrected chi connectivity index (χ0v) is 13.9. The van der Waals surface area contributed by atoms with Crippen molar-refractivity contribution in [1.29, 1.82) is 0 Å². The van der Waals surface area contributed by atoms with Crippen molar-refractivity contribution in [3.05, 3.63) is 23.0 Å². The van der Waals surface area contributed by atoms with Crippen molar-refractivity contribution in [3.8, 4) is 0 Å². The van der Waals surface area contributed by atoms with E-state index in [-0.39, 0.29) is 11.9 Å². The molecule has 1 saturated heterocycles. The van der Waals surface area contributed by atoms with Crippen LogP contribution in [0, 0.1) is 6.92 Å². The summed E-state index contributed by atoms with van der Waals surface area (Å²) in [5.74, 6) is 0.578. The van der Waals surface area contributed by atoms with Gasteiger partial charge in [0.05, 0.1) is 35.9 Å². The lowest BCUT2D eigenvalue weighted by molar-refractivity contribution is 0.00369. The highest BCUT2D eigenvalue weighted by Gasteiger charge is 2.31. The van der Waals surface area contributed by atoms with Crippen LogP contribution in [0.4, 0.5) is 0 Å². The molecule has 1 saturated carbocycles. The minimum Gasteiger partial charge on any atom is -0.377 e. The van der Waals surface area contributed by atoms with Crippen molar-refractivity contribution in [2.24, 2.45) is 7.05 Å². The van der Waals surface area contributed by atoms with E-state index in [4.69, 9.17) is 9.72 Å². The first kappa shape index (κ1) is 14.6. The monoisotopic (exact) mass is 314 g/mol. The van der Waals surface area contributed by atoms with Gasteiger partial charge in [0, 0.05) is 25.2 Å². The van der Waals surface area contributed by atoms with Gasteiger partial charge in [-0.25, -0.2) is 4.98 Å². The van der Waals surface area contributed by atoms with Gasteiger partial charge in [-0.2, -0.15) is 5.10 Å². The van der Waals surface area contributed by atoms with E-state index in [1.807, 2.05) is 31.9 Å². The van der Waals surface area contributed by atoms with Crippen molar-refractivity contribution in [2.75, 3.05) is 19.8 Å². The van der Waals surface area contributed by atoms with Crippen LogP contribution in [0.5, 0.6) is 0 Å². The number of rotatable bonds is 2. The number of hydrogen-bond donors (Lipinski definition) is 0. The summed E-state index contributed by atoms with van der Waals surface area (Å²) in [5.41, 5.74) is 3.46. The van der Waals surface area contributed by atoms with Crippen LogP contribution < -0.4 is 0 Å². The first-order chi connectivity index (χ1) is 11.1. The molecule has 1 aliphatic heterocycles. The number of aryl methyl sites for hydroxylation is 2. The molecule has 1 atom stereocenters. The number of ether oxygens (including phenoxy) is 1. The van der Waals surface area contributed by atoms with Crippen LogP contribution in [0.25, 0.3) is 11.0 Å². The van der Waals surface area contributed by atoms with E-state index >= 15 is 0 Å². The molecule has 122 valence electrons. The molecule has 2 aromatic rings. The molecule has 0 unspecified atom stereocenters. The van der Waals surface area contributed by atoms with Crippen molar-refractivity contribution >= 4 is 16.9 Å².